The van der Waals surface area contributed by atoms with Crippen LogP contribution in [0.5, 0.6) is 0 Å². The van der Waals surface area contributed by atoms with Crippen LogP contribution < -0.4 is 0 Å². The highest BCUT2D eigenvalue weighted by Crippen LogP contribution is 2.24. The lowest BCUT2D eigenvalue weighted by molar-refractivity contribution is -0.121. The molecule has 1 fully saturated rings. The average Bonchev–Trinajstić information content (AvgIpc) is 2.36. The molecule has 0 spiro atoms. The number of hydrogen-bond acceptors (Lipinski definition) is 2. The normalized spacial score (nSPS) is 17.4. The first kappa shape index (κ1) is 13.5. The Morgan fingerprint density at radius 2 is 2.06 bits per heavy atom. The first-order valence-electron chi connectivity index (χ1n) is 6.22. The first-order valence-corrected chi connectivity index (χ1v) is 6.60. The van der Waals surface area contributed by atoms with Crippen LogP contribution in [0, 0.1) is 5.82 Å². The fourth-order valence-corrected chi connectivity index (χ4v) is 2.62. The largest absolute Gasteiger partial charge is 0.300 e. The van der Waals surface area contributed by atoms with E-state index >= 15 is 0 Å². The van der Waals surface area contributed by atoms with Gasteiger partial charge in [0.2, 0.25) is 0 Å². The third-order valence-corrected chi connectivity index (χ3v) is 4.01. The van der Waals surface area contributed by atoms with Gasteiger partial charge in [0.1, 0.15) is 11.6 Å². The van der Waals surface area contributed by atoms with Crippen molar-refractivity contribution in [2.75, 3.05) is 7.05 Å². The maximum atomic E-state index is 13.3. The van der Waals surface area contributed by atoms with Gasteiger partial charge in [-0.2, -0.15) is 0 Å². The van der Waals surface area contributed by atoms with Gasteiger partial charge in [-0.3, -0.25) is 9.69 Å². The standard InChI is InChI=1S/C14H17ClFNO/c1-17(11-5-7-12(18)8-6-11)9-10-3-2-4-13(16)14(10)15/h2-4,11H,5-9H2,1H3. The van der Waals surface area contributed by atoms with Crippen molar-refractivity contribution >= 4 is 17.4 Å². The molecule has 2 rings (SSSR count). The Morgan fingerprint density at radius 1 is 1.39 bits per heavy atom. The van der Waals surface area contributed by atoms with Crippen LogP contribution in [-0.4, -0.2) is 23.8 Å². The topological polar surface area (TPSA) is 20.3 Å². The van der Waals surface area contributed by atoms with Crippen molar-refractivity contribution in [2.24, 2.45) is 0 Å². The third-order valence-electron chi connectivity index (χ3n) is 3.59. The van der Waals surface area contributed by atoms with E-state index < -0.39 is 0 Å². The lowest BCUT2D eigenvalue weighted by atomic mass is 9.93. The van der Waals surface area contributed by atoms with Gasteiger partial charge in [0.15, 0.2) is 0 Å². The molecule has 1 aliphatic rings. The Labute approximate surface area is 112 Å². The molecule has 0 amide bonds. The molecule has 0 bridgehead atoms. The van der Waals surface area contributed by atoms with Crippen molar-refractivity contribution in [3.05, 3.63) is 34.6 Å². The van der Waals surface area contributed by atoms with Crippen molar-refractivity contribution in [1.29, 1.82) is 0 Å². The molecule has 0 N–H and O–H groups in total. The van der Waals surface area contributed by atoms with Gasteiger partial charge in [-0.1, -0.05) is 23.7 Å². The minimum atomic E-state index is -0.374. The van der Waals surface area contributed by atoms with Gasteiger partial charge in [0.25, 0.3) is 0 Å². The van der Waals surface area contributed by atoms with E-state index in [2.05, 4.69) is 4.90 Å². The molecule has 98 valence electrons. The molecular weight excluding hydrogens is 253 g/mol. The van der Waals surface area contributed by atoms with E-state index in [4.69, 9.17) is 11.6 Å². The van der Waals surface area contributed by atoms with Crippen LogP contribution in [0.25, 0.3) is 0 Å². The minimum absolute atomic E-state index is 0.205. The van der Waals surface area contributed by atoms with Crippen molar-refractivity contribution in [3.63, 3.8) is 0 Å². The summed E-state index contributed by atoms with van der Waals surface area (Å²) >= 11 is 5.94. The average molecular weight is 270 g/mol. The smallest absolute Gasteiger partial charge is 0.142 e. The molecule has 0 aliphatic heterocycles. The molecule has 0 atom stereocenters. The lowest BCUT2D eigenvalue weighted by Gasteiger charge is -2.30. The van der Waals surface area contributed by atoms with Crippen LogP contribution in [0.1, 0.15) is 31.2 Å². The van der Waals surface area contributed by atoms with Crippen LogP contribution in [0.4, 0.5) is 4.39 Å². The lowest BCUT2D eigenvalue weighted by Crippen LogP contribution is -2.34. The second-order valence-electron chi connectivity index (χ2n) is 4.90. The van der Waals surface area contributed by atoms with Gasteiger partial charge in [-0.05, 0) is 31.5 Å². The Morgan fingerprint density at radius 3 is 2.72 bits per heavy atom. The summed E-state index contributed by atoms with van der Waals surface area (Å²) in [6.07, 6.45) is 3.10. The van der Waals surface area contributed by atoms with E-state index in [1.165, 1.54) is 6.07 Å². The van der Waals surface area contributed by atoms with Crippen LogP contribution >= 0.6 is 11.6 Å². The summed E-state index contributed by atoms with van der Waals surface area (Å²) in [5.41, 5.74) is 0.802. The number of Topliss-reactive ketones (excluding diaryl/α,β-unsaturated/α-hetero) is 1. The van der Waals surface area contributed by atoms with Gasteiger partial charge in [0, 0.05) is 25.4 Å². The molecule has 1 aromatic rings. The Balaban J connectivity index is 2.00. The highest BCUT2D eigenvalue weighted by atomic mass is 35.5. The molecule has 0 heterocycles. The second kappa shape index (κ2) is 5.81. The monoisotopic (exact) mass is 269 g/mol. The number of benzene rings is 1. The molecule has 0 radical (unpaired) electrons. The number of ketones is 1. The summed E-state index contributed by atoms with van der Waals surface area (Å²) in [5.74, 6) is -0.0233. The summed E-state index contributed by atoms with van der Waals surface area (Å²) in [6, 6.07) is 5.28. The number of rotatable bonds is 3. The van der Waals surface area contributed by atoms with Crippen LogP contribution in [0.3, 0.4) is 0 Å². The predicted molar refractivity (Wildman–Crippen MR) is 70.1 cm³/mol. The highest BCUT2D eigenvalue weighted by molar-refractivity contribution is 6.31. The van der Waals surface area contributed by atoms with Crippen molar-refractivity contribution in [1.82, 2.24) is 4.90 Å². The molecule has 0 aromatic heterocycles. The quantitative estimate of drug-likeness (QED) is 0.838. The molecule has 1 aromatic carbocycles. The van der Waals surface area contributed by atoms with Gasteiger partial charge >= 0.3 is 0 Å². The van der Waals surface area contributed by atoms with Crippen molar-refractivity contribution < 1.29 is 9.18 Å². The van der Waals surface area contributed by atoms with Gasteiger partial charge in [-0.15, -0.1) is 0 Å². The molecule has 4 heteroatoms. The zero-order chi connectivity index (χ0) is 13.1. The first-order chi connectivity index (χ1) is 8.58. The van der Waals surface area contributed by atoms with E-state index in [0.717, 1.165) is 18.4 Å². The van der Waals surface area contributed by atoms with E-state index in [1.54, 1.807) is 6.07 Å². The van der Waals surface area contributed by atoms with Gasteiger partial charge in [0.05, 0.1) is 5.02 Å². The van der Waals surface area contributed by atoms with Crippen LogP contribution in [-0.2, 0) is 11.3 Å². The van der Waals surface area contributed by atoms with E-state index in [1.807, 2.05) is 13.1 Å². The van der Waals surface area contributed by atoms with Gasteiger partial charge < -0.3 is 0 Å². The van der Waals surface area contributed by atoms with E-state index in [9.17, 15) is 9.18 Å². The highest BCUT2D eigenvalue weighted by Gasteiger charge is 2.22. The number of carbonyl (C=O) groups is 1. The third kappa shape index (κ3) is 3.09. The van der Waals surface area contributed by atoms with E-state index in [0.29, 0.717) is 31.2 Å². The Kier molecular flexibility index (Phi) is 4.36. The minimum Gasteiger partial charge on any atom is -0.300 e. The summed E-state index contributed by atoms with van der Waals surface area (Å²) in [6.45, 7) is 0.620. The SMILES string of the molecule is CN(Cc1cccc(F)c1Cl)C1CCC(=O)CC1. The number of hydrogen-bond donors (Lipinski definition) is 0. The fourth-order valence-electron chi connectivity index (χ4n) is 2.43. The molecule has 0 saturated heterocycles. The number of carbonyl (C=O) groups excluding carboxylic acids is 1. The molecular formula is C14H17ClFNO. The second-order valence-corrected chi connectivity index (χ2v) is 5.28. The zero-order valence-corrected chi connectivity index (χ0v) is 11.2. The molecule has 1 aliphatic carbocycles. The Hall–Kier alpha value is -0.930. The van der Waals surface area contributed by atoms with Crippen molar-refractivity contribution in [3.8, 4) is 0 Å². The summed E-state index contributed by atoms with van der Waals surface area (Å²) in [5, 5.41) is 0.205. The van der Waals surface area contributed by atoms with Crippen LogP contribution in [0.15, 0.2) is 18.2 Å². The zero-order valence-electron chi connectivity index (χ0n) is 10.5. The number of halogens is 2. The maximum absolute atomic E-state index is 13.3. The number of nitrogens with zero attached hydrogens (tertiary/aromatic N) is 1. The fraction of sp³-hybridized carbons (Fsp3) is 0.500. The summed E-state index contributed by atoms with van der Waals surface area (Å²) in [7, 11) is 2.00. The Bertz CT molecular complexity index is 439. The molecule has 0 unspecified atom stereocenters. The van der Waals surface area contributed by atoms with Crippen LogP contribution in [0.2, 0.25) is 5.02 Å². The molecule has 1 saturated carbocycles. The molecule has 18 heavy (non-hydrogen) atoms. The van der Waals surface area contributed by atoms with Gasteiger partial charge in [-0.25, -0.2) is 4.39 Å². The van der Waals surface area contributed by atoms with E-state index in [-0.39, 0.29) is 10.8 Å². The van der Waals surface area contributed by atoms with Crippen molar-refractivity contribution in [2.45, 2.75) is 38.3 Å². The molecule has 2 nitrogen and oxygen atoms in total. The summed E-state index contributed by atoms with van der Waals surface area (Å²) < 4.78 is 13.3. The maximum Gasteiger partial charge on any atom is 0.142 e. The predicted octanol–water partition coefficient (Wildman–Crippen LogP) is 3.42. The summed E-state index contributed by atoms with van der Waals surface area (Å²) in [4.78, 5) is 13.4.